The van der Waals surface area contributed by atoms with E-state index in [2.05, 4.69) is 39.8 Å². The van der Waals surface area contributed by atoms with Gasteiger partial charge in [0.2, 0.25) is 0 Å². The van der Waals surface area contributed by atoms with Gasteiger partial charge in [0.1, 0.15) is 0 Å². The van der Waals surface area contributed by atoms with Gasteiger partial charge >= 0.3 is 0 Å². The molecule has 0 spiro atoms. The highest BCUT2D eigenvalue weighted by Crippen LogP contribution is 2.33. The first kappa shape index (κ1) is 24.4. The van der Waals surface area contributed by atoms with Crippen molar-refractivity contribution in [3.05, 3.63) is 69.8 Å². The van der Waals surface area contributed by atoms with E-state index in [0.29, 0.717) is 34.1 Å². The first-order chi connectivity index (χ1) is 15.5. The van der Waals surface area contributed by atoms with E-state index in [4.69, 9.17) is 0 Å². The lowest BCUT2D eigenvalue weighted by atomic mass is 9.78. The highest BCUT2D eigenvalue weighted by Gasteiger charge is 2.31. The van der Waals surface area contributed by atoms with Gasteiger partial charge in [0.15, 0.2) is 11.6 Å². The molecular formula is C30H40O2. The SMILES string of the molecule is CCCCC(CC)Cc1cc2c(cc1CC(CC)CCCC)C(=O)c1ccccc1C2=O. The van der Waals surface area contributed by atoms with Crippen molar-refractivity contribution in [3.8, 4) is 0 Å². The molecule has 2 atom stereocenters. The van der Waals surface area contributed by atoms with Gasteiger partial charge in [-0.3, -0.25) is 9.59 Å². The standard InChI is InChI=1S/C30H40O2/c1-5-9-13-21(7-3)17-23-19-27-28(20-24(23)18-22(8-4)14-10-6-2)30(32)26-16-12-11-15-25(26)29(27)31/h11-12,15-16,19-22H,5-10,13-14,17-18H2,1-4H3. The third-order valence-corrected chi connectivity index (χ3v) is 7.35. The van der Waals surface area contributed by atoms with Gasteiger partial charge in [0, 0.05) is 22.3 Å². The zero-order chi connectivity index (χ0) is 23.1. The van der Waals surface area contributed by atoms with Crippen LogP contribution in [0.5, 0.6) is 0 Å². The number of rotatable bonds is 12. The Labute approximate surface area is 194 Å². The fourth-order valence-electron chi connectivity index (χ4n) is 5.12. The van der Waals surface area contributed by atoms with E-state index >= 15 is 0 Å². The number of carbonyl (C=O) groups is 2. The van der Waals surface area contributed by atoms with Crippen LogP contribution in [-0.2, 0) is 12.8 Å². The maximum Gasteiger partial charge on any atom is 0.194 e. The van der Waals surface area contributed by atoms with Crippen molar-refractivity contribution < 1.29 is 9.59 Å². The molecule has 0 saturated heterocycles. The van der Waals surface area contributed by atoms with Crippen molar-refractivity contribution in [2.24, 2.45) is 11.8 Å². The molecule has 0 saturated carbocycles. The normalized spacial score (nSPS) is 14.8. The zero-order valence-electron chi connectivity index (χ0n) is 20.5. The first-order valence-electron chi connectivity index (χ1n) is 12.9. The van der Waals surface area contributed by atoms with Crippen LogP contribution in [0.3, 0.4) is 0 Å². The summed E-state index contributed by atoms with van der Waals surface area (Å²) in [5, 5.41) is 0. The molecule has 2 heteroatoms. The summed E-state index contributed by atoms with van der Waals surface area (Å²) >= 11 is 0. The third kappa shape index (κ3) is 5.39. The predicted molar refractivity (Wildman–Crippen MR) is 134 cm³/mol. The Morgan fingerprint density at radius 2 is 1.03 bits per heavy atom. The van der Waals surface area contributed by atoms with Gasteiger partial charge in [-0.25, -0.2) is 0 Å². The quantitative estimate of drug-likeness (QED) is 0.291. The van der Waals surface area contributed by atoms with Gasteiger partial charge < -0.3 is 0 Å². The van der Waals surface area contributed by atoms with Crippen molar-refractivity contribution in [1.29, 1.82) is 0 Å². The molecule has 0 aliphatic heterocycles. The van der Waals surface area contributed by atoms with Crippen LogP contribution in [0.2, 0.25) is 0 Å². The minimum atomic E-state index is 0.00244. The summed E-state index contributed by atoms with van der Waals surface area (Å²) in [5.41, 5.74) is 4.91. The molecule has 1 aliphatic rings. The minimum Gasteiger partial charge on any atom is -0.289 e. The average Bonchev–Trinajstić information content (AvgIpc) is 2.83. The van der Waals surface area contributed by atoms with Crippen LogP contribution in [0.25, 0.3) is 0 Å². The lowest BCUT2D eigenvalue weighted by Gasteiger charge is -2.24. The second kappa shape index (κ2) is 11.6. The van der Waals surface area contributed by atoms with Crippen LogP contribution >= 0.6 is 0 Å². The Bertz CT molecular complexity index is 864. The molecule has 0 N–H and O–H groups in total. The third-order valence-electron chi connectivity index (χ3n) is 7.35. The van der Waals surface area contributed by atoms with Crippen LogP contribution in [0.4, 0.5) is 0 Å². The van der Waals surface area contributed by atoms with E-state index in [0.717, 1.165) is 25.7 Å². The summed E-state index contributed by atoms with van der Waals surface area (Å²) in [6.07, 6.45) is 11.7. The topological polar surface area (TPSA) is 34.1 Å². The van der Waals surface area contributed by atoms with Crippen LogP contribution in [0.15, 0.2) is 36.4 Å². The van der Waals surface area contributed by atoms with Gasteiger partial charge in [-0.15, -0.1) is 0 Å². The first-order valence-corrected chi connectivity index (χ1v) is 12.9. The minimum absolute atomic E-state index is 0.00244. The van der Waals surface area contributed by atoms with E-state index in [1.54, 1.807) is 12.1 Å². The summed E-state index contributed by atoms with van der Waals surface area (Å²) < 4.78 is 0. The number of carbonyl (C=O) groups excluding carboxylic acids is 2. The molecule has 2 nitrogen and oxygen atoms in total. The van der Waals surface area contributed by atoms with E-state index in [9.17, 15) is 9.59 Å². The molecule has 0 amide bonds. The molecule has 0 radical (unpaired) electrons. The molecule has 3 rings (SSSR count). The van der Waals surface area contributed by atoms with E-state index < -0.39 is 0 Å². The van der Waals surface area contributed by atoms with Crippen molar-refractivity contribution in [1.82, 2.24) is 0 Å². The lowest BCUT2D eigenvalue weighted by molar-refractivity contribution is 0.0979. The van der Waals surface area contributed by atoms with Crippen molar-refractivity contribution in [2.45, 2.75) is 91.9 Å². The Kier molecular flexibility index (Phi) is 8.84. The summed E-state index contributed by atoms with van der Waals surface area (Å²) in [4.78, 5) is 26.6. The highest BCUT2D eigenvalue weighted by molar-refractivity contribution is 6.28. The van der Waals surface area contributed by atoms with Crippen molar-refractivity contribution in [3.63, 3.8) is 0 Å². The fraction of sp³-hybridized carbons (Fsp3) is 0.533. The smallest absolute Gasteiger partial charge is 0.194 e. The van der Waals surface area contributed by atoms with Crippen molar-refractivity contribution in [2.75, 3.05) is 0 Å². The molecule has 2 aromatic rings. The summed E-state index contributed by atoms with van der Waals surface area (Å²) in [5.74, 6) is 1.26. The average molecular weight is 433 g/mol. The maximum absolute atomic E-state index is 13.3. The molecule has 0 heterocycles. The predicted octanol–water partition coefficient (Wildman–Crippen LogP) is 7.98. The lowest BCUT2D eigenvalue weighted by Crippen LogP contribution is -2.22. The number of ketones is 2. The molecule has 172 valence electrons. The molecule has 0 fully saturated rings. The second-order valence-electron chi connectivity index (χ2n) is 9.61. The van der Waals surface area contributed by atoms with Crippen LogP contribution in [0.1, 0.15) is 122 Å². The number of hydrogen-bond acceptors (Lipinski definition) is 2. The van der Waals surface area contributed by atoms with E-state index in [-0.39, 0.29) is 11.6 Å². The summed E-state index contributed by atoms with van der Waals surface area (Å²) in [6, 6.07) is 11.5. The Hall–Kier alpha value is -2.22. The van der Waals surface area contributed by atoms with Crippen LogP contribution in [0, 0.1) is 11.8 Å². The number of benzene rings is 2. The largest absolute Gasteiger partial charge is 0.289 e. The van der Waals surface area contributed by atoms with Gasteiger partial charge in [0.05, 0.1) is 0 Å². The summed E-state index contributed by atoms with van der Waals surface area (Å²) in [6.45, 7) is 9.05. The second-order valence-corrected chi connectivity index (χ2v) is 9.61. The van der Waals surface area contributed by atoms with Crippen LogP contribution in [-0.4, -0.2) is 11.6 Å². The van der Waals surface area contributed by atoms with E-state index in [1.807, 2.05) is 12.1 Å². The molecule has 0 bridgehead atoms. The summed E-state index contributed by atoms with van der Waals surface area (Å²) in [7, 11) is 0. The Morgan fingerprint density at radius 1 is 0.625 bits per heavy atom. The monoisotopic (exact) mass is 432 g/mol. The van der Waals surface area contributed by atoms with E-state index in [1.165, 1.54) is 49.7 Å². The molecule has 2 aromatic carbocycles. The molecule has 0 aromatic heterocycles. The van der Waals surface area contributed by atoms with Gasteiger partial charge in [-0.2, -0.15) is 0 Å². The number of fused-ring (bicyclic) bond motifs is 2. The van der Waals surface area contributed by atoms with Gasteiger partial charge in [-0.1, -0.05) is 103 Å². The highest BCUT2D eigenvalue weighted by atomic mass is 16.1. The fourth-order valence-corrected chi connectivity index (χ4v) is 5.12. The Morgan fingerprint density at radius 3 is 1.38 bits per heavy atom. The van der Waals surface area contributed by atoms with Gasteiger partial charge in [-0.05, 0) is 47.9 Å². The zero-order valence-corrected chi connectivity index (χ0v) is 20.5. The number of hydrogen-bond donors (Lipinski definition) is 0. The molecule has 1 aliphatic carbocycles. The maximum atomic E-state index is 13.3. The molecule has 2 unspecified atom stereocenters. The van der Waals surface area contributed by atoms with Gasteiger partial charge in [0.25, 0.3) is 0 Å². The number of unbranched alkanes of at least 4 members (excludes halogenated alkanes) is 2. The molecule has 32 heavy (non-hydrogen) atoms. The molecular weight excluding hydrogens is 392 g/mol. The van der Waals surface area contributed by atoms with Crippen molar-refractivity contribution >= 4 is 11.6 Å². The Balaban J connectivity index is 2.03. The van der Waals surface area contributed by atoms with Crippen LogP contribution < -0.4 is 0 Å².